The molecule has 1 aromatic heterocycles. The first-order chi connectivity index (χ1) is 14.7. The van der Waals surface area contributed by atoms with Crippen LogP contribution < -0.4 is 15.8 Å². The zero-order valence-electron chi connectivity index (χ0n) is 16.7. The van der Waals surface area contributed by atoms with Crippen molar-refractivity contribution in [1.82, 2.24) is 19.7 Å². The molecule has 0 bridgehead atoms. The lowest BCUT2D eigenvalue weighted by Crippen LogP contribution is -2.35. The first-order valence-corrected chi connectivity index (χ1v) is 9.63. The van der Waals surface area contributed by atoms with Gasteiger partial charge in [0.25, 0.3) is 0 Å². The molecule has 2 heterocycles. The number of nitrogens with two attached hydrogens (primary N) is 1. The summed E-state index contributed by atoms with van der Waals surface area (Å²) < 4.78 is 12.5. The van der Waals surface area contributed by atoms with Crippen LogP contribution >= 0.6 is 0 Å². The number of methoxy groups -OCH3 is 1. The molecule has 9 nitrogen and oxygen atoms in total. The number of anilines is 3. The molecule has 0 amide bonds. The van der Waals surface area contributed by atoms with Gasteiger partial charge in [0, 0.05) is 19.6 Å². The summed E-state index contributed by atoms with van der Waals surface area (Å²) in [7, 11) is 1.64. The molecular formula is C21H23N7O2. The number of nitrogens with one attached hydrogen (secondary N) is 1. The number of hydrogen-bond donors (Lipinski definition) is 2. The highest BCUT2D eigenvalue weighted by Crippen LogP contribution is 2.29. The second-order valence-corrected chi connectivity index (χ2v) is 6.91. The molecule has 3 N–H and O–H groups in total. The van der Waals surface area contributed by atoms with E-state index >= 15 is 0 Å². The Morgan fingerprint density at radius 1 is 1.20 bits per heavy atom. The number of nitrogen functional groups attached to an aromatic ring is 1. The number of ether oxygens (including phenoxy) is 2. The van der Waals surface area contributed by atoms with E-state index in [0.717, 1.165) is 49.8 Å². The normalized spacial score (nSPS) is 14.3. The average Bonchev–Trinajstić information content (AvgIpc) is 3.15. The molecule has 1 fully saturated rings. The lowest BCUT2D eigenvalue weighted by Gasteiger charge is -2.26. The summed E-state index contributed by atoms with van der Waals surface area (Å²) in [6.07, 6.45) is 0. The molecular weight excluding hydrogens is 382 g/mol. The minimum Gasteiger partial charge on any atom is -0.495 e. The number of nitrogens with zero attached hydrogens (tertiary/aromatic N) is 5. The summed E-state index contributed by atoms with van der Waals surface area (Å²) in [5.41, 5.74) is 9.24. The van der Waals surface area contributed by atoms with Gasteiger partial charge in [-0.2, -0.15) is 14.9 Å². The Morgan fingerprint density at radius 2 is 1.97 bits per heavy atom. The van der Waals surface area contributed by atoms with Crippen LogP contribution in [0, 0.1) is 11.3 Å². The smallest absolute Gasteiger partial charge is 0.248 e. The van der Waals surface area contributed by atoms with Crippen LogP contribution in [-0.2, 0) is 11.3 Å². The van der Waals surface area contributed by atoms with Crippen molar-refractivity contribution in [3.63, 3.8) is 0 Å². The highest BCUT2D eigenvalue weighted by atomic mass is 16.5. The first kappa shape index (κ1) is 19.7. The zero-order valence-corrected chi connectivity index (χ0v) is 16.7. The van der Waals surface area contributed by atoms with Gasteiger partial charge in [-0.3, -0.25) is 4.90 Å². The fourth-order valence-corrected chi connectivity index (χ4v) is 3.32. The highest BCUT2D eigenvalue weighted by molar-refractivity contribution is 5.64. The Bertz CT molecular complexity index is 1050. The fraction of sp³-hybridized carbons (Fsp3) is 0.286. The lowest BCUT2D eigenvalue weighted by molar-refractivity contribution is 0.0342. The molecule has 1 saturated heterocycles. The molecule has 0 saturated carbocycles. The molecule has 154 valence electrons. The first-order valence-electron chi connectivity index (χ1n) is 9.63. The average molecular weight is 405 g/mol. The molecule has 4 rings (SSSR count). The second-order valence-electron chi connectivity index (χ2n) is 6.91. The van der Waals surface area contributed by atoms with E-state index in [1.807, 2.05) is 12.1 Å². The van der Waals surface area contributed by atoms with Gasteiger partial charge in [-0.15, -0.1) is 5.10 Å². The molecule has 9 heteroatoms. The van der Waals surface area contributed by atoms with Crippen molar-refractivity contribution in [3.05, 3.63) is 53.6 Å². The van der Waals surface area contributed by atoms with Gasteiger partial charge < -0.3 is 20.5 Å². The summed E-state index contributed by atoms with van der Waals surface area (Å²) in [5, 5.41) is 16.5. The summed E-state index contributed by atoms with van der Waals surface area (Å²) in [6, 6.07) is 15.1. The van der Waals surface area contributed by atoms with Gasteiger partial charge in [0.15, 0.2) is 0 Å². The van der Waals surface area contributed by atoms with Gasteiger partial charge in [-0.05, 0) is 42.0 Å². The van der Waals surface area contributed by atoms with E-state index in [9.17, 15) is 0 Å². The van der Waals surface area contributed by atoms with Gasteiger partial charge in [-0.25, -0.2) is 0 Å². The second kappa shape index (κ2) is 8.82. The number of nitriles is 1. The molecule has 30 heavy (non-hydrogen) atoms. The summed E-state index contributed by atoms with van der Waals surface area (Å²) in [6.45, 7) is 4.24. The number of rotatable bonds is 6. The molecule has 0 spiro atoms. The summed E-state index contributed by atoms with van der Waals surface area (Å²) >= 11 is 0. The zero-order chi connectivity index (χ0) is 20.9. The van der Waals surface area contributed by atoms with Crippen LogP contribution in [0.4, 0.5) is 17.6 Å². The Morgan fingerprint density at radius 3 is 2.67 bits per heavy atom. The van der Waals surface area contributed by atoms with Crippen LogP contribution in [0.5, 0.6) is 5.75 Å². The van der Waals surface area contributed by atoms with Crippen molar-refractivity contribution in [1.29, 1.82) is 5.26 Å². The number of benzene rings is 2. The van der Waals surface area contributed by atoms with E-state index in [-0.39, 0.29) is 5.95 Å². The summed E-state index contributed by atoms with van der Waals surface area (Å²) in [4.78, 5) is 6.65. The van der Waals surface area contributed by atoms with Crippen molar-refractivity contribution in [2.45, 2.75) is 6.54 Å². The maximum absolute atomic E-state index is 8.94. The van der Waals surface area contributed by atoms with Crippen molar-refractivity contribution in [2.75, 3.05) is 44.5 Å². The van der Waals surface area contributed by atoms with Gasteiger partial charge in [0.1, 0.15) is 5.75 Å². The van der Waals surface area contributed by atoms with E-state index < -0.39 is 0 Å². The van der Waals surface area contributed by atoms with Crippen LogP contribution in [-0.4, -0.2) is 53.1 Å². The lowest BCUT2D eigenvalue weighted by atomic mass is 10.1. The largest absolute Gasteiger partial charge is 0.495 e. The Balaban J connectivity index is 1.51. The topological polar surface area (TPSA) is 114 Å². The van der Waals surface area contributed by atoms with Crippen LogP contribution in [0.2, 0.25) is 0 Å². The number of morpholine rings is 1. The van der Waals surface area contributed by atoms with Crippen LogP contribution in [0.3, 0.4) is 0 Å². The quantitative estimate of drug-likeness (QED) is 0.642. The van der Waals surface area contributed by atoms with E-state index in [0.29, 0.717) is 17.3 Å². The van der Waals surface area contributed by atoms with Crippen molar-refractivity contribution < 1.29 is 9.47 Å². The van der Waals surface area contributed by atoms with Crippen LogP contribution in [0.1, 0.15) is 11.1 Å². The Hall–Kier alpha value is -3.61. The molecule has 1 aliphatic rings. The van der Waals surface area contributed by atoms with E-state index in [1.165, 1.54) is 4.68 Å². The number of aromatic nitrogens is 3. The SMILES string of the molecule is COc1cc(CN2CCOCC2)ccc1Nc1nc(N)n(-c2ccc(C#N)cc2)n1. The Labute approximate surface area is 174 Å². The van der Waals surface area contributed by atoms with Gasteiger partial charge in [0.05, 0.1) is 43.3 Å². The highest BCUT2D eigenvalue weighted by Gasteiger charge is 2.14. The molecule has 1 aliphatic heterocycles. The molecule has 0 radical (unpaired) electrons. The standard InChI is InChI=1S/C21H23N7O2/c1-29-19-12-16(14-27-8-10-30-11-9-27)4-7-18(19)24-21-25-20(23)28(26-21)17-5-2-15(13-22)3-6-17/h2-7,12H,8-11,14H2,1H3,(H3,23,24,25,26). The molecule has 3 aromatic rings. The molecule has 2 aromatic carbocycles. The third-order valence-corrected chi connectivity index (χ3v) is 4.90. The van der Waals surface area contributed by atoms with Crippen molar-refractivity contribution in [2.24, 2.45) is 0 Å². The van der Waals surface area contributed by atoms with E-state index in [2.05, 4.69) is 32.4 Å². The Kier molecular flexibility index (Phi) is 5.79. The molecule has 0 aliphatic carbocycles. The van der Waals surface area contributed by atoms with E-state index in [1.54, 1.807) is 31.4 Å². The third kappa shape index (κ3) is 4.35. The predicted octanol–water partition coefficient (Wildman–Crippen LogP) is 2.31. The van der Waals surface area contributed by atoms with Crippen LogP contribution in [0.15, 0.2) is 42.5 Å². The maximum atomic E-state index is 8.94. The number of hydrogen-bond acceptors (Lipinski definition) is 8. The van der Waals surface area contributed by atoms with Gasteiger partial charge in [-0.1, -0.05) is 6.07 Å². The van der Waals surface area contributed by atoms with Gasteiger partial charge in [0.2, 0.25) is 11.9 Å². The predicted molar refractivity (Wildman–Crippen MR) is 113 cm³/mol. The minimum atomic E-state index is 0.241. The van der Waals surface area contributed by atoms with Crippen LogP contribution in [0.25, 0.3) is 5.69 Å². The molecule has 0 unspecified atom stereocenters. The van der Waals surface area contributed by atoms with E-state index in [4.69, 9.17) is 20.5 Å². The van der Waals surface area contributed by atoms with Crippen molar-refractivity contribution in [3.8, 4) is 17.5 Å². The fourth-order valence-electron chi connectivity index (χ4n) is 3.32. The maximum Gasteiger partial charge on any atom is 0.248 e. The molecule has 0 atom stereocenters. The summed E-state index contributed by atoms with van der Waals surface area (Å²) in [5.74, 6) is 1.30. The minimum absolute atomic E-state index is 0.241. The monoisotopic (exact) mass is 405 g/mol. The van der Waals surface area contributed by atoms with Gasteiger partial charge >= 0.3 is 0 Å². The van der Waals surface area contributed by atoms with Crippen molar-refractivity contribution >= 4 is 17.6 Å². The third-order valence-electron chi connectivity index (χ3n) is 4.90.